The number of aryl methyl sites for hydroxylation is 1. The molecule has 0 atom stereocenters. The molecule has 28 heavy (non-hydrogen) atoms. The third kappa shape index (κ3) is 3.76. The lowest BCUT2D eigenvalue weighted by molar-refractivity contribution is 0.295. The van der Waals surface area contributed by atoms with Crippen LogP contribution < -0.4 is 10.4 Å². The number of benzene rings is 3. The van der Waals surface area contributed by atoms with Crippen LogP contribution in [0.3, 0.4) is 0 Å². The van der Waals surface area contributed by atoms with Gasteiger partial charge in [0.05, 0.1) is 24.1 Å². The van der Waals surface area contributed by atoms with Crippen molar-refractivity contribution in [1.82, 2.24) is 9.13 Å². The summed E-state index contributed by atoms with van der Waals surface area (Å²) in [4.78, 5) is 0. The number of imidazole rings is 1. The Morgan fingerprint density at radius 1 is 0.857 bits per heavy atom. The van der Waals surface area contributed by atoms with Crippen LogP contribution in [-0.4, -0.2) is 15.7 Å². The Labute approximate surface area is 172 Å². The first-order chi connectivity index (χ1) is 13.6. The Morgan fingerprint density at radius 2 is 1.50 bits per heavy atom. The smallest absolute Gasteiger partial charge is 0.203 e. The third-order valence-corrected chi connectivity index (χ3v) is 5.42. The average molecular weight is 436 g/mol. The van der Waals surface area contributed by atoms with E-state index in [4.69, 9.17) is 10.1 Å². The fourth-order valence-corrected chi connectivity index (χ4v) is 3.68. The summed E-state index contributed by atoms with van der Waals surface area (Å²) >= 11 is 3.48. The standard InChI is InChI=1S/C23H22BrN3O/c1-17-6-2-5-9-22(17)28-15-14-26-20-7-3-4-8-21(20)27(23(26)25)16-18-10-12-19(24)13-11-18/h2-13,25H,14-16H2,1H3. The molecule has 0 aliphatic heterocycles. The number of rotatable bonds is 6. The molecule has 1 N–H and O–H groups in total. The zero-order chi connectivity index (χ0) is 19.5. The van der Waals surface area contributed by atoms with Gasteiger partial charge in [0, 0.05) is 4.47 Å². The molecule has 1 aromatic heterocycles. The van der Waals surface area contributed by atoms with Crippen molar-refractivity contribution in [3.63, 3.8) is 0 Å². The van der Waals surface area contributed by atoms with Crippen LogP contribution in [0.2, 0.25) is 0 Å². The van der Waals surface area contributed by atoms with E-state index in [1.54, 1.807) is 0 Å². The van der Waals surface area contributed by atoms with E-state index in [-0.39, 0.29) is 0 Å². The topological polar surface area (TPSA) is 42.9 Å². The van der Waals surface area contributed by atoms with Gasteiger partial charge in [-0.05, 0) is 48.4 Å². The number of aromatic nitrogens is 2. The fourth-order valence-electron chi connectivity index (χ4n) is 3.42. The maximum absolute atomic E-state index is 8.75. The molecule has 0 radical (unpaired) electrons. The monoisotopic (exact) mass is 435 g/mol. The second-order valence-electron chi connectivity index (χ2n) is 6.79. The predicted molar refractivity (Wildman–Crippen MR) is 116 cm³/mol. The molecule has 0 fully saturated rings. The first kappa shape index (κ1) is 18.6. The summed E-state index contributed by atoms with van der Waals surface area (Å²) in [5.74, 6) is 0.897. The minimum Gasteiger partial charge on any atom is -0.491 e. The number of halogens is 1. The Kier molecular flexibility index (Phi) is 5.35. The second kappa shape index (κ2) is 8.07. The van der Waals surface area contributed by atoms with Crippen molar-refractivity contribution >= 4 is 27.0 Å². The van der Waals surface area contributed by atoms with Gasteiger partial charge in [-0.2, -0.15) is 0 Å². The highest BCUT2D eigenvalue weighted by Crippen LogP contribution is 2.18. The van der Waals surface area contributed by atoms with E-state index in [1.165, 1.54) is 5.56 Å². The zero-order valence-corrected chi connectivity index (χ0v) is 17.3. The van der Waals surface area contributed by atoms with Crippen LogP contribution in [0.1, 0.15) is 11.1 Å². The maximum atomic E-state index is 8.75. The lowest BCUT2D eigenvalue weighted by Crippen LogP contribution is -2.27. The first-order valence-electron chi connectivity index (χ1n) is 9.29. The number of para-hydroxylation sites is 3. The van der Waals surface area contributed by atoms with Gasteiger partial charge in [0.2, 0.25) is 5.62 Å². The Bertz CT molecular complexity index is 1160. The van der Waals surface area contributed by atoms with Gasteiger partial charge in [-0.15, -0.1) is 0 Å². The quantitative estimate of drug-likeness (QED) is 0.448. The van der Waals surface area contributed by atoms with E-state index < -0.39 is 0 Å². The van der Waals surface area contributed by atoms with E-state index in [2.05, 4.69) is 40.2 Å². The van der Waals surface area contributed by atoms with Crippen LogP contribution in [0.5, 0.6) is 5.75 Å². The predicted octanol–water partition coefficient (Wildman–Crippen LogP) is 5.12. The molecule has 142 valence electrons. The second-order valence-corrected chi connectivity index (χ2v) is 7.71. The Morgan fingerprint density at radius 3 is 2.21 bits per heavy atom. The zero-order valence-electron chi connectivity index (χ0n) is 15.7. The summed E-state index contributed by atoms with van der Waals surface area (Å²) in [5, 5.41) is 8.75. The average Bonchev–Trinajstić information content (AvgIpc) is 2.97. The number of hydrogen-bond donors (Lipinski definition) is 1. The van der Waals surface area contributed by atoms with Gasteiger partial charge in [0.1, 0.15) is 12.4 Å². The Balaban J connectivity index is 1.61. The molecular weight excluding hydrogens is 414 g/mol. The largest absolute Gasteiger partial charge is 0.491 e. The molecule has 0 unspecified atom stereocenters. The Hall–Kier alpha value is -2.79. The van der Waals surface area contributed by atoms with Gasteiger partial charge >= 0.3 is 0 Å². The van der Waals surface area contributed by atoms with Gasteiger partial charge in [0.25, 0.3) is 0 Å². The van der Waals surface area contributed by atoms with Crippen molar-refractivity contribution in [2.75, 3.05) is 6.61 Å². The van der Waals surface area contributed by atoms with Gasteiger partial charge in [-0.3, -0.25) is 5.41 Å². The van der Waals surface area contributed by atoms with Crippen molar-refractivity contribution in [3.05, 3.63) is 94.0 Å². The summed E-state index contributed by atoms with van der Waals surface area (Å²) in [6.07, 6.45) is 0. The molecule has 3 aromatic carbocycles. The summed E-state index contributed by atoms with van der Waals surface area (Å²) in [5.41, 5.74) is 4.89. The van der Waals surface area contributed by atoms with E-state index in [9.17, 15) is 0 Å². The fraction of sp³-hybridized carbons (Fsp3) is 0.174. The highest BCUT2D eigenvalue weighted by Gasteiger charge is 2.11. The number of fused-ring (bicyclic) bond motifs is 1. The van der Waals surface area contributed by atoms with E-state index in [1.807, 2.05) is 64.6 Å². The van der Waals surface area contributed by atoms with Gasteiger partial charge in [-0.1, -0.05) is 58.4 Å². The van der Waals surface area contributed by atoms with Crippen molar-refractivity contribution < 1.29 is 4.74 Å². The first-order valence-corrected chi connectivity index (χ1v) is 10.1. The molecule has 0 bridgehead atoms. The molecule has 0 saturated heterocycles. The minimum atomic E-state index is 0.484. The lowest BCUT2D eigenvalue weighted by Gasteiger charge is -2.10. The molecule has 1 heterocycles. The molecule has 4 aromatic rings. The molecule has 0 saturated carbocycles. The van der Waals surface area contributed by atoms with Crippen LogP contribution >= 0.6 is 15.9 Å². The highest BCUT2D eigenvalue weighted by molar-refractivity contribution is 9.10. The van der Waals surface area contributed by atoms with Crippen LogP contribution in [0, 0.1) is 12.3 Å². The summed E-state index contributed by atoms with van der Waals surface area (Å²) in [6, 6.07) is 24.4. The normalized spacial score (nSPS) is 11.1. The molecule has 0 spiro atoms. The van der Waals surface area contributed by atoms with E-state index in [0.29, 0.717) is 25.3 Å². The minimum absolute atomic E-state index is 0.484. The van der Waals surface area contributed by atoms with Gasteiger partial charge in [0.15, 0.2) is 0 Å². The van der Waals surface area contributed by atoms with E-state index in [0.717, 1.165) is 26.8 Å². The summed E-state index contributed by atoms with van der Waals surface area (Å²) < 4.78 is 11.1. The lowest BCUT2D eigenvalue weighted by atomic mass is 10.2. The molecule has 0 amide bonds. The maximum Gasteiger partial charge on any atom is 0.203 e. The van der Waals surface area contributed by atoms with Crippen LogP contribution in [-0.2, 0) is 13.1 Å². The van der Waals surface area contributed by atoms with Crippen molar-refractivity contribution in [2.24, 2.45) is 0 Å². The van der Waals surface area contributed by atoms with Crippen LogP contribution in [0.25, 0.3) is 11.0 Å². The molecule has 5 heteroatoms. The van der Waals surface area contributed by atoms with Gasteiger partial charge in [-0.25, -0.2) is 0 Å². The summed E-state index contributed by atoms with van der Waals surface area (Å²) in [6.45, 7) is 3.86. The molecular formula is C23H22BrN3O. The van der Waals surface area contributed by atoms with Crippen molar-refractivity contribution in [1.29, 1.82) is 5.41 Å². The molecule has 4 nitrogen and oxygen atoms in total. The molecule has 4 rings (SSSR count). The summed E-state index contributed by atoms with van der Waals surface area (Å²) in [7, 11) is 0. The number of ether oxygens (including phenoxy) is 1. The molecule has 0 aliphatic rings. The van der Waals surface area contributed by atoms with E-state index >= 15 is 0 Å². The molecule has 0 aliphatic carbocycles. The SMILES string of the molecule is Cc1ccccc1OCCn1c(=N)n(Cc2ccc(Br)cc2)c2ccccc21. The number of hydrogen-bond acceptors (Lipinski definition) is 2. The van der Waals surface area contributed by atoms with Crippen molar-refractivity contribution in [2.45, 2.75) is 20.0 Å². The third-order valence-electron chi connectivity index (χ3n) is 4.89. The van der Waals surface area contributed by atoms with Gasteiger partial charge < -0.3 is 13.9 Å². The van der Waals surface area contributed by atoms with Crippen LogP contribution in [0.15, 0.2) is 77.3 Å². The van der Waals surface area contributed by atoms with Crippen molar-refractivity contribution in [3.8, 4) is 5.75 Å². The number of nitrogens with zero attached hydrogens (tertiary/aromatic N) is 2. The highest BCUT2D eigenvalue weighted by atomic mass is 79.9. The number of nitrogens with one attached hydrogen (secondary N) is 1. The van der Waals surface area contributed by atoms with Crippen LogP contribution in [0.4, 0.5) is 0 Å².